The van der Waals surface area contributed by atoms with Crippen molar-refractivity contribution in [1.82, 2.24) is 4.57 Å². The van der Waals surface area contributed by atoms with Crippen LogP contribution in [0.4, 0.5) is 17.1 Å². The van der Waals surface area contributed by atoms with Crippen LogP contribution in [0.5, 0.6) is 0 Å². The Morgan fingerprint density at radius 1 is 0.282 bits per heavy atom. The molecule has 0 N–H and O–H groups in total. The van der Waals surface area contributed by atoms with Crippen molar-refractivity contribution in [2.75, 3.05) is 4.90 Å². The molecule has 0 spiro atoms. The minimum atomic E-state index is 0.880. The Balaban J connectivity index is 0.890. The number of anilines is 3. The molecule has 0 atom stereocenters. The maximum absolute atomic E-state index is 6.47. The van der Waals surface area contributed by atoms with Gasteiger partial charge in [-0.3, -0.25) is 0 Å². The number of hydrogen-bond acceptors (Lipinski definition) is 2. The highest BCUT2D eigenvalue weighted by molar-refractivity contribution is 6.12. The summed E-state index contributed by atoms with van der Waals surface area (Å²) in [7, 11) is 0. The van der Waals surface area contributed by atoms with Gasteiger partial charge in [0.05, 0.1) is 22.4 Å². The zero-order chi connectivity index (χ0) is 46.8. The predicted octanol–water partition coefficient (Wildman–Crippen LogP) is 19.1. The van der Waals surface area contributed by atoms with Crippen molar-refractivity contribution in [3.8, 4) is 50.2 Å². The van der Waals surface area contributed by atoms with Gasteiger partial charge in [0.25, 0.3) is 0 Å². The Morgan fingerprint density at radius 2 is 0.803 bits per heavy atom. The number of nitrogens with zero attached hydrogens (tertiary/aromatic N) is 2. The van der Waals surface area contributed by atoms with Crippen LogP contribution in [0, 0.1) is 0 Å². The molecule has 0 bridgehead atoms. The van der Waals surface area contributed by atoms with Crippen molar-refractivity contribution < 1.29 is 4.42 Å². The quantitative estimate of drug-likeness (QED) is 0.151. The molecule has 12 aromatic carbocycles. The van der Waals surface area contributed by atoms with E-state index in [9.17, 15) is 0 Å². The average Bonchev–Trinajstić information content (AvgIpc) is 3.97. The second kappa shape index (κ2) is 16.7. The first-order valence-corrected chi connectivity index (χ1v) is 24.3. The molecule has 2 heterocycles. The monoisotopic (exact) mass is 904 g/mol. The highest BCUT2D eigenvalue weighted by Gasteiger charge is 2.21. The number of fused-ring (bicyclic) bond motifs is 8. The lowest BCUT2D eigenvalue weighted by Crippen LogP contribution is -2.11. The molecule has 2 aromatic heterocycles. The van der Waals surface area contributed by atoms with Gasteiger partial charge in [0.1, 0.15) is 11.2 Å². The summed E-state index contributed by atoms with van der Waals surface area (Å²) in [5.41, 5.74) is 17.8. The Kier molecular flexibility index (Phi) is 9.53. The van der Waals surface area contributed by atoms with Gasteiger partial charge in [-0.05, 0) is 140 Å². The zero-order valence-electron chi connectivity index (χ0n) is 38.7. The molecule has 71 heavy (non-hydrogen) atoms. The molecule has 14 rings (SSSR count). The lowest BCUT2D eigenvalue weighted by molar-refractivity contribution is 0.669. The summed E-state index contributed by atoms with van der Waals surface area (Å²) in [4.78, 5) is 2.40. The molecule has 0 aliphatic rings. The normalized spacial score (nSPS) is 11.7. The van der Waals surface area contributed by atoms with Gasteiger partial charge < -0.3 is 13.9 Å². The van der Waals surface area contributed by atoms with Crippen LogP contribution >= 0.6 is 0 Å². The Morgan fingerprint density at radius 3 is 1.54 bits per heavy atom. The first kappa shape index (κ1) is 40.6. The lowest BCUT2D eigenvalue weighted by atomic mass is 9.96. The fourth-order valence-corrected chi connectivity index (χ4v) is 10.9. The number of hydrogen-bond donors (Lipinski definition) is 0. The van der Waals surface area contributed by atoms with E-state index in [1.54, 1.807) is 0 Å². The van der Waals surface area contributed by atoms with Crippen LogP contribution in [0.1, 0.15) is 0 Å². The standard InChI is InChI=1S/C68H44N2O/c1-2-15-48-41-53(29-28-45(48)14-1)50-19-13-18-49(40-50)46-30-35-55(36-31-46)69(63-24-9-6-21-58(63)54-34-39-67-61(43-54)62-42-51-16-3-4-17-52(51)44-68(62)71-67)56-37-32-47(33-38-56)57-20-5-10-25-64(57)70-65-26-11-7-22-59(65)60-23-8-12-27-66(60)70/h1-44H. The molecular formula is C68H44N2O. The summed E-state index contributed by atoms with van der Waals surface area (Å²) in [6, 6.07) is 96.8. The molecule has 0 aliphatic heterocycles. The first-order chi connectivity index (χ1) is 35.2. The van der Waals surface area contributed by atoms with Crippen molar-refractivity contribution in [1.29, 1.82) is 0 Å². The third-order valence-electron chi connectivity index (χ3n) is 14.4. The summed E-state index contributed by atoms with van der Waals surface area (Å²) in [5, 5.41) is 9.58. The fourth-order valence-electron chi connectivity index (χ4n) is 10.9. The fraction of sp³-hybridized carbons (Fsp3) is 0. The second-order valence-corrected chi connectivity index (χ2v) is 18.5. The van der Waals surface area contributed by atoms with Crippen molar-refractivity contribution in [2.24, 2.45) is 0 Å². The maximum Gasteiger partial charge on any atom is 0.136 e. The zero-order valence-corrected chi connectivity index (χ0v) is 38.7. The second-order valence-electron chi connectivity index (χ2n) is 18.5. The minimum Gasteiger partial charge on any atom is -0.456 e. The van der Waals surface area contributed by atoms with Gasteiger partial charge in [0, 0.05) is 44.0 Å². The highest BCUT2D eigenvalue weighted by atomic mass is 16.3. The largest absolute Gasteiger partial charge is 0.456 e. The predicted molar refractivity (Wildman–Crippen MR) is 299 cm³/mol. The van der Waals surface area contributed by atoms with E-state index < -0.39 is 0 Å². The summed E-state index contributed by atoms with van der Waals surface area (Å²) in [5.74, 6) is 0. The van der Waals surface area contributed by atoms with Crippen LogP contribution in [-0.2, 0) is 0 Å². The summed E-state index contributed by atoms with van der Waals surface area (Å²) in [6.07, 6.45) is 0. The van der Waals surface area contributed by atoms with Crippen molar-refractivity contribution >= 4 is 82.4 Å². The van der Waals surface area contributed by atoms with Crippen molar-refractivity contribution in [3.05, 3.63) is 267 Å². The van der Waals surface area contributed by atoms with Gasteiger partial charge in [0.15, 0.2) is 0 Å². The minimum absolute atomic E-state index is 0.880. The van der Waals surface area contributed by atoms with Gasteiger partial charge >= 0.3 is 0 Å². The lowest BCUT2D eigenvalue weighted by Gasteiger charge is -2.28. The van der Waals surface area contributed by atoms with Gasteiger partial charge in [-0.15, -0.1) is 0 Å². The van der Waals surface area contributed by atoms with Crippen molar-refractivity contribution in [3.63, 3.8) is 0 Å². The number of benzene rings is 12. The van der Waals surface area contributed by atoms with Crippen LogP contribution in [0.25, 0.3) is 115 Å². The smallest absolute Gasteiger partial charge is 0.136 e. The number of rotatable bonds is 8. The Bertz CT molecular complexity index is 4290. The Hall–Kier alpha value is -9.44. The van der Waals surface area contributed by atoms with Crippen molar-refractivity contribution in [2.45, 2.75) is 0 Å². The number of para-hydroxylation sites is 4. The van der Waals surface area contributed by atoms with Crippen LogP contribution in [0.3, 0.4) is 0 Å². The van der Waals surface area contributed by atoms with E-state index in [1.807, 2.05) is 0 Å². The molecule has 0 saturated carbocycles. The third-order valence-corrected chi connectivity index (χ3v) is 14.4. The van der Waals surface area contributed by atoms with Gasteiger partial charge in [0.2, 0.25) is 0 Å². The molecule has 3 nitrogen and oxygen atoms in total. The van der Waals surface area contributed by atoms with E-state index in [2.05, 4.69) is 276 Å². The van der Waals surface area contributed by atoms with E-state index in [1.165, 1.54) is 65.6 Å². The van der Waals surface area contributed by atoms with Crippen LogP contribution in [0.2, 0.25) is 0 Å². The van der Waals surface area contributed by atoms with Crippen LogP contribution < -0.4 is 4.90 Å². The summed E-state index contributed by atoms with van der Waals surface area (Å²) < 4.78 is 8.89. The van der Waals surface area contributed by atoms with Gasteiger partial charge in [-0.2, -0.15) is 0 Å². The van der Waals surface area contributed by atoms with Gasteiger partial charge in [-0.25, -0.2) is 0 Å². The van der Waals surface area contributed by atoms with E-state index in [4.69, 9.17) is 4.42 Å². The molecule has 332 valence electrons. The molecule has 0 unspecified atom stereocenters. The van der Waals surface area contributed by atoms with E-state index in [0.29, 0.717) is 0 Å². The average molecular weight is 905 g/mol. The van der Waals surface area contributed by atoms with E-state index >= 15 is 0 Å². The number of aromatic nitrogens is 1. The first-order valence-electron chi connectivity index (χ1n) is 24.3. The van der Waals surface area contributed by atoms with Crippen LogP contribution in [-0.4, -0.2) is 4.57 Å². The third kappa shape index (κ3) is 6.97. The topological polar surface area (TPSA) is 21.3 Å². The van der Waals surface area contributed by atoms with E-state index in [0.717, 1.165) is 66.9 Å². The Labute approximate surface area is 411 Å². The maximum atomic E-state index is 6.47. The SMILES string of the molecule is c1cc(-c2ccc(N(c3ccc(-c4ccccc4-n4c5ccccc5c5ccccc54)cc3)c3ccccc3-c3ccc4oc5cc6ccccc6cc5c4c3)cc2)cc(-c2ccc3ccccc3c2)c1. The number of furan rings is 1. The molecule has 0 aliphatic carbocycles. The molecule has 0 saturated heterocycles. The van der Waals surface area contributed by atoms with E-state index in [-0.39, 0.29) is 0 Å². The molecular weight excluding hydrogens is 861 g/mol. The molecule has 0 amide bonds. The molecule has 14 aromatic rings. The summed E-state index contributed by atoms with van der Waals surface area (Å²) >= 11 is 0. The molecule has 3 heteroatoms. The van der Waals surface area contributed by atoms with Gasteiger partial charge in [-0.1, -0.05) is 182 Å². The molecule has 0 fully saturated rings. The molecule has 0 radical (unpaired) electrons. The summed E-state index contributed by atoms with van der Waals surface area (Å²) in [6.45, 7) is 0. The van der Waals surface area contributed by atoms with Crippen LogP contribution in [0.15, 0.2) is 271 Å². The highest BCUT2D eigenvalue weighted by Crippen LogP contribution is 2.44.